The van der Waals surface area contributed by atoms with Crippen LogP contribution >= 0.6 is 0 Å². The molecule has 1 aliphatic rings. The second kappa shape index (κ2) is 8.99. The molecule has 4 aromatic rings. The van der Waals surface area contributed by atoms with Crippen LogP contribution in [0, 0.1) is 0 Å². The molecule has 1 saturated heterocycles. The van der Waals surface area contributed by atoms with Crippen molar-refractivity contribution in [2.24, 2.45) is 7.05 Å². The second-order valence-electron chi connectivity index (χ2n) is 8.34. The average Bonchev–Trinajstić information content (AvgIpc) is 3.47. The fraction of sp³-hybridized carbons (Fsp3) is 0.348. The van der Waals surface area contributed by atoms with Crippen molar-refractivity contribution in [3.63, 3.8) is 0 Å². The molecule has 5 rings (SSSR count). The minimum Gasteiger partial charge on any atom is -0.353 e. The Morgan fingerprint density at radius 2 is 1.82 bits per heavy atom. The van der Waals surface area contributed by atoms with E-state index in [4.69, 9.17) is 0 Å². The van der Waals surface area contributed by atoms with Crippen LogP contribution in [0.4, 0.5) is 5.82 Å². The van der Waals surface area contributed by atoms with Gasteiger partial charge in [-0.1, -0.05) is 18.2 Å². The first kappa shape index (κ1) is 21.1. The average molecular weight is 446 g/mol. The third-order valence-electron chi connectivity index (χ3n) is 6.04. The molecule has 0 N–H and O–H groups in total. The maximum Gasteiger partial charge on any atom is 0.236 e. The number of fused-ring (bicyclic) bond motifs is 1. The molecule has 0 bridgehead atoms. The van der Waals surface area contributed by atoms with Gasteiger partial charge in [0.25, 0.3) is 0 Å². The Hall–Kier alpha value is -3.79. The molecule has 1 amide bonds. The van der Waals surface area contributed by atoms with Gasteiger partial charge in [0.15, 0.2) is 5.65 Å². The van der Waals surface area contributed by atoms with Crippen molar-refractivity contribution < 1.29 is 4.79 Å². The lowest BCUT2D eigenvalue weighted by Crippen LogP contribution is -2.49. The van der Waals surface area contributed by atoms with Crippen LogP contribution in [0.2, 0.25) is 0 Å². The Kier molecular flexibility index (Phi) is 5.74. The summed E-state index contributed by atoms with van der Waals surface area (Å²) in [5, 5.41) is 9.68. The predicted octanol–water partition coefficient (Wildman–Crippen LogP) is 1.33. The Morgan fingerprint density at radius 1 is 1.03 bits per heavy atom. The fourth-order valence-corrected chi connectivity index (χ4v) is 4.16. The zero-order chi connectivity index (χ0) is 22.8. The van der Waals surface area contributed by atoms with Gasteiger partial charge < -0.3 is 9.80 Å². The highest BCUT2D eigenvalue weighted by Crippen LogP contribution is 2.23. The minimum absolute atomic E-state index is 0.104. The standard InChI is InChI=1S/C23H27N9O/c1-28(14-18-12-27-32(15-18)19-6-4-3-5-7-19)21(33)16-30-8-10-31(11-9-30)23-20-13-26-29(2)22(20)24-17-25-23/h3-7,12-13,15,17H,8-11,14,16H2,1-2H3. The first-order valence-corrected chi connectivity index (χ1v) is 11.0. The number of hydrogen-bond donors (Lipinski definition) is 0. The quantitative estimate of drug-likeness (QED) is 0.442. The normalized spacial score (nSPS) is 14.7. The summed E-state index contributed by atoms with van der Waals surface area (Å²) in [7, 11) is 3.73. The lowest BCUT2D eigenvalue weighted by molar-refractivity contribution is -0.131. The molecule has 0 aliphatic carbocycles. The van der Waals surface area contributed by atoms with Gasteiger partial charge in [-0.3, -0.25) is 14.4 Å². The van der Waals surface area contributed by atoms with E-state index in [0.717, 1.165) is 54.3 Å². The number of para-hydroxylation sites is 1. The number of nitrogens with zero attached hydrogens (tertiary/aromatic N) is 9. The molecule has 1 aliphatic heterocycles. The lowest BCUT2D eigenvalue weighted by atomic mass is 10.2. The van der Waals surface area contributed by atoms with Crippen LogP contribution in [0.25, 0.3) is 16.7 Å². The summed E-state index contributed by atoms with van der Waals surface area (Å²) in [5.41, 5.74) is 2.83. The van der Waals surface area contributed by atoms with Gasteiger partial charge >= 0.3 is 0 Å². The Bertz CT molecular complexity index is 1240. The number of carbonyl (C=O) groups is 1. The summed E-state index contributed by atoms with van der Waals surface area (Å²) in [4.78, 5) is 27.9. The van der Waals surface area contributed by atoms with E-state index in [1.165, 1.54) is 0 Å². The molecule has 0 atom stereocenters. The number of aryl methyl sites for hydroxylation is 1. The van der Waals surface area contributed by atoms with Gasteiger partial charge in [0.05, 0.1) is 30.0 Å². The van der Waals surface area contributed by atoms with Crippen LogP contribution in [0.15, 0.2) is 55.2 Å². The van der Waals surface area contributed by atoms with E-state index in [1.54, 1.807) is 15.9 Å². The molecule has 1 fully saturated rings. The first-order chi connectivity index (χ1) is 16.1. The molecule has 0 spiro atoms. The maximum atomic E-state index is 12.8. The summed E-state index contributed by atoms with van der Waals surface area (Å²) in [5.74, 6) is 1.01. The van der Waals surface area contributed by atoms with Crippen LogP contribution in [0.1, 0.15) is 5.56 Å². The molecule has 10 nitrogen and oxygen atoms in total. The van der Waals surface area contributed by atoms with Crippen LogP contribution in [0.5, 0.6) is 0 Å². The van der Waals surface area contributed by atoms with Crippen LogP contribution < -0.4 is 4.90 Å². The van der Waals surface area contributed by atoms with Gasteiger partial charge in [0.1, 0.15) is 12.1 Å². The topological polar surface area (TPSA) is 88.2 Å². The molecule has 3 aromatic heterocycles. The van der Waals surface area contributed by atoms with Gasteiger partial charge in [-0.2, -0.15) is 10.2 Å². The monoisotopic (exact) mass is 445 g/mol. The first-order valence-electron chi connectivity index (χ1n) is 11.0. The molecular formula is C23H27N9O. The van der Waals surface area contributed by atoms with E-state index in [1.807, 2.05) is 67.7 Å². The van der Waals surface area contributed by atoms with Gasteiger partial charge in [0, 0.05) is 58.6 Å². The number of piperazine rings is 1. The van der Waals surface area contributed by atoms with Gasteiger partial charge in [-0.15, -0.1) is 0 Å². The highest BCUT2D eigenvalue weighted by Gasteiger charge is 2.23. The molecule has 0 saturated carbocycles. The molecule has 4 heterocycles. The zero-order valence-electron chi connectivity index (χ0n) is 18.9. The molecule has 33 heavy (non-hydrogen) atoms. The van der Waals surface area contributed by atoms with Gasteiger partial charge in [0.2, 0.25) is 5.91 Å². The third-order valence-corrected chi connectivity index (χ3v) is 6.04. The van der Waals surface area contributed by atoms with Crippen LogP contribution in [-0.2, 0) is 18.4 Å². The fourth-order valence-electron chi connectivity index (χ4n) is 4.16. The molecule has 0 unspecified atom stereocenters. The molecule has 1 aromatic carbocycles. The summed E-state index contributed by atoms with van der Waals surface area (Å²) < 4.78 is 3.59. The van der Waals surface area contributed by atoms with Crippen molar-refractivity contribution in [2.45, 2.75) is 6.54 Å². The molecular weight excluding hydrogens is 418 g/mol. The predicted molar refractivity (Wildman–Crippen MR) is 125 cm³/mol. The summed E-state index contributed by atoms with van der Waals surface area (Å²) in [6.07, 6.45) is 7.19. The zero-order valence-corrected chi connectivity index (χ0v) is 18.9. The van der Waals surface area contributed by atoms with Crippen LogP contribution in [-0.4, -0.2) is 85.0 Å². The number of amides is 1. The van der Waals surface area contributed by atoms with E-state index < -0.39 is 0 Å². The largest absolute Gasteiger partial charge is 0.353 e. The number of likely N-dealkylation sites (N-methyl/N-ethyl adjacent to an activating group) is 1. The van der Waals surface area contributed by atoms with Crippen LogP contribution in [0.3, 0.4) is 0 Å². The number of hydrogen-bond acceptors (Lipinski definition) is 7. The van der Waals surface area contributed by atoms with Crippen molar-refractivity contribution in [3.8, 4) is 5.69 Å². The van der Waals surface area contributed by atoms with E-state index in [0.29, 0.717) is 13.1 Å². The van der Waals surface area contributed by atoms with E-state index in [2.05, 4.69) is 30.0 Å². The Balaban J connectivity index is 1.15. The van der Waals surface area contributed by atoms with Crippen molar-refractivity contribution in [1.29, 1.82) is 0 Å². The summed E-state index contributed by atoms with van der Waals surface area (Å²) in [6, 6.07) is 9.96. The van der Waals surface area contributed by atoms with E-state index >= 15 is 0 Å². The molecule has 170 valence electrons. The smallest absolute Gasteiger partial charge is 0.236 e. The number of benzene rings is 1. The number of anilines is 1. The van der Waals surface area contributed by atoms with E-state index in [-0.39, 0.29) is 5.91 Å². The molecule has 0 radical (unpaired) electrons. The highest BCUT2D eigenvalue weighted by atomic mass is 16.2. The molecule has 10 heteroatoms. The Morgan fingerprint density at radius 3 is 2.61 bits per heavy atom. The van der Waals surface area contributed by atoms with Crippen molar-refractivity contribution in [3.05, 3.63) is 60.8 Å². The van der Waals surface area contributed by atoms with Gasteiger partial charge in [-0.25, -0.2) is 14.6 Å². The van der Waals surface area contributed by atoms with E-state index in [9.17, 15) is 4.79 Å². The van der Waals surface area contributed by atoms with Crippen molar-refractivity contribution >= 4 is 22.8 Å². The highest BCUT2D eigenvalue weighted by molar-refractivity contribution is 5.86. The van der Waals surface area contributed by atoms with Crippen molar-refractivity contribution in [2.75, 3.05) is 44.7 Å². The maximum absolute atomic E-state index is 12.8. The van der Waals surface area contributed by atoms with Crippen molar-refractivity contribution in [1.82, 2.24) is 39.3 Å². The third kappa shape index (κ3) is 4.42. The van der Waals surface area contributed by atoms with Gasteiger partial charge in [-0.05, 0) is 12.1 Å². The second-order valence-corrected chi connectivity index (χ2v) is 8.34. The summed E-state index contributed by atoms with van der Waals surface area (Å²) in [6.45, 7) is 4.16. The summed E-state index contributed by atoms with van der Waals surface area (Å²) >= 11 is 0. The minimum atomic E-state index is 0.104. The Labute approximate surface area is 192 Å². The number of carbonyl (C=O) groups excluding carboxylic acids is 1. The number of aromatic nitrogens is 6. The number of rotatable bonds is 6. The SMILES string of the molecule is CN(Cc1cnn(-c2ccccc2)c1)C(=O)CN1CCN(c2ncnc3c2cnn3C)CC1. The lowest BCUT2D eigenvalue weighted by Gasteiger charge is -2.35.